The van der Waals surface area contributed by atoms with E-state index >= 15 is 0 Å². The largest absolute Gasteiger partial charge is 0.462 e. The number of hydrogen-bond acceptors (Lipinski definition) is 6. The zero-order chi connectivity index (χ0) is 41.2. The fourth-order valence-corrected chi connectivity index (χ4v) is 7.46. The maximum Gasteiger partial charge on any atom is 0.306 e. The second-order valence-corrected chi connectivity index (χ2v) is 18.1. The Balaban J connectivity index is 4.18. The molecular weight excluding hydrogens is 697 g/mol. The van der Waals surface area contributed by atoms with Crippen molar-refractivity contribution in [2.24, 2.45) is 11.8 Å². The van der Waals surface area contributed by atoms with Gasteiger partial charge in [0.1, 0.15) is 13.2 Å². The first-order chi connectivity index (χ1) is 27.2. The maximum absolute atomic E-state index is 12.6. The van der Waals surface area contributed by atoms with Crippen LogP contribution in [0.2, 0.25) is 0 Å². The van der Waals surface area contributed by atoms with E-state index in [1.165, 1.54) is 161 Å². The molecule has 0 fully saturated rings. The molecule has 332 valence electrons. The van der Waals surface area contributed by atoms with Crippen molar-refractivity contribution in [2.75, 3.05) is 13.2 Å². The Kier molecular flexibility index (Phi) is 41.8. The van der Waals surface area contributed by atoms with Gasteiger partial charge in [-0.1, -0.05) is 234 Å². The van der Waals surface area contributed by atoms with E-state index in [4.69, 9.17) is 14.2 Å². The summed E-state index contributed by atoms with van der Waals surface area (Å²) >= 11 is 0. The molecule has 0 heterocycles. The minimum absolute atomic E-state index is 0.0645. The van der Waals surface area contributed by atoms with Gasteiger partial charge in [0, 0.05) is 19.3 Å². The summed E-state index contributed by atoms with van der Waals surface area (Å²) in [6, 6.07) is 0. The minimum Gasteiger partial charge on any atom is -0.462 e. The fraction of sp³-hybridized carbons (Fsp3) is 0.940. The Morgan fingerprint density at radius 2 is 0.589 bits per heavy atom. The van der Waals surface area contributed by atoms with Gasteiger partial charge in [-0.3, -0.25) is 14.4 Å². The molecular formula is C50H96O6. The van der Waals surface area contributed by atoms with Crippen LogP contribution in [0.1, 0.15) is 272 Å². The van der Waals surface area contributed by atoms with Gasteiger partial charge < -0.3 is 14.2 Å². The lowest BCUT2D eigenvalue weighted by molar-refractivity contribution is -0.167. The SMILES string of the molecule is CCCCCCCCCC(=O)O[C@@H](COC(=O)CCCCCCCCCCCCCCCCC(C)C)COC(=O)CCCCCCCCCCCCCC(C)C. The Labute approximate surface area is 348 Å². The fourth-order valence-electron chi connectivity index (χ4n) is 7.46. The Morgan fingerprint density at radius 3 is 0.875 bits per heavy atom. The van der Waals surface area contributed by atoms with Crippen molar-refractivity contribution in [1.29, 1.82) is 0 Å². The van der Waals surface area contributed by atoms with E-state index < -0.39 is 6.10 Å². The molecule has 0 amide bonds. The van der Waals surface area contributed by atoms with Gasteiger partial charge in [0.15, 0.2) is 6.10 Å². The average Bonchev–Trinajstić information content (AvgIpc) is 3.16. The number of carbonyl (C=O) groups is 3. The first-order valence-corrected chi connectivity index (χ1v) is 24.7. The number of rotatable bonds is 44. The highest BCUT2D eigenvalue weighted by Crippen LogP contribution is 2.17. The summed E-state index contributed by atoms with van der Waals surface area (Å²) in [6.07, 6.45) is 42.4. The smallest absolute Gasteiger partial charge is 0.306 e. The lowest BCUT2D eigenvalue weighted by Crippen LogP contribution is -2.30. The third-order valence-electron chi connectivity index (χ3n) is 11.2. The molecule has 0 aliphatic heterocycles. The molecule has 0 aliphatic rings. The van der Waals surface area contributed by atoms with Gasteiger partial charge in [-0.25, -0.2) is 0 Å². The summed E-state index contributed by atoms with van der Waals surface area (Å²) in [4.78, 5) is 37.7. The van der Waals surface area contributed by atoms with E-state index in [-0.39, 0.29) is 31.1 Å². The van der Waals surface area contributed by atoms with Gasteiger partial charge in [-0.15, -0.1) is 0 Å². The molecule has 6 nitrogen and oxygen atoms in total. The normalized spacial score (nSPS) is 12.1. The molecule has 0 aromatic rings. The van der Waals surface area contributed by atoms with E-state index in [0.717, 1.165) is 69.6 Å². The van der Waals surface area contributed by atoms with E-state index in [9.17, 15) is 14.4 Å². The van der Waals surface area contributed by atoms with Gasteiger partial charge in [-0.05, 0) is 31.1 Å². The van der Waals surface area contributed by atoms with Crippen LogP contribution in [0, 0.1) is 11.8 Å². The first kappa shape index (κ1) is 54.4. The lowest BCUT2D eigenvalue weighted by Gasteiger charge is -2.18. The summed E-state index contributed by atoms with van der Waals surface area (Å²) in [5.41, 5.74) is 0. The molecule has 0 bridgehead atoms. The molecule has 0 unspecified atom stereocenters. The van der Waals surface area contributed by atoms with Crippen LogP contribution >= 0.6 is 0 Å². The van der Waals surface area contributed by atoms with Gasteiger partial charge in [-0.2, -0.15) is 0 Å². The second-order valence-electron chi connectivity index (χ2n) is 18.1. The molecule has 0 saturated carbocycles. The third-order valence-corrected chi connectivity index (χ3v) is 11.2. The molecule has 0 aromatic heterocycles. The first-order valence-electron chi connectivity index (χ1n) is 24.7. The van der Waals surface area contributed by atoms with E-state index in [1.54, 1.807) is 0 Å². The van der Waals surface area contributed by atoms with E-state index in [1.807, 2.05) is 0 Å². The summed E-state index contributed by atoms with van der Waals surface area (Å²) in [6.45, 7) is 11.3. The highest BCUT2D eigenvalue weighted by molar-refractivity contribution is 5.71. The van der Waals surface area contributed by atoms with Crippen LogP contribution < -0.4 is 0 Å². The van der Waals surface area contributed by atoms with Gasteiger partial charge in [0.05, 0.1) is 0 Å². The van der Waals surface area contributed by atoms with Gasteiger partial charge in [0.2, 0.25) is 0 Å². The Bertz CT molecular complexity index is 854. The van der Waals surface area contributed by atoms with Crippen molar-refractivity contribution in [3.05, 3.63) is 0 Å². The van der Waals surface area contributed by atoms with Gasteiger partial charge >= 0.3 is 17.9 Å². The van der Waals surface area contributed by atoms with Crippen molar-refractivity contribution in [1.82, 2.24) is 0 Å². The van der Waals surface area contributed by atoms with Crippen molar-refractivity contribution >= 4 is 17.9 Å². The van der Waals surface area contributed by atoms with Crippen LogP contribution in [0.15, 0.2) is 0 Å². The van der Waals surface area contributed by atoms with Crippen LogP contribution in [0.4, 0.5) is 0 Å². The van der Waals surface area contributed by atoms with Crippen molar-refractivity contribution in [3.8, 4) is 0 Å². The van der Waals surface area contributed by atoms with E-state index in [2.05, 4.69) is 34.6 Å². The van der Waals surface area contributed by atoms with E-state index in [0.29, 0.717) is 19.3 Å². The molecule has 0 aliphatic carbocycles. The molecule has 6 heteroatoms. The molecule has 0 radical (unpaired) electrons. The van der Waals surface area contributed by atoms with Crippen molar-refractivity contribution in [3.63, 3.8) is 0 Å². The Morgan fingerprint density at radius 1 is 0.339 bits per heavy atom. The van der Waals surface area contributed by atoms with Crippen molar-refractivity contribution in [2.45, 2.75) is 278 Å². The number of carbonyl (C=O) groups excluding carboxylic acids is 3. The number of unbranched alkanes of at least 4 members (excludes halogenated alkanes) is 29. The van der Waals surface area contributed by atoms with Crippen LogP contribution in [0.25, 0.3) is 0 Å². The van der Waals surface area contributed by atoms with Crippen molar-refractivity contribution < 1.29 is 28.6 Å². The average molecular weight is 793 g/mol. The zero-order valence-corrected chi connectivity index (χ0v) is 38.3. The molecule has 0 N–H and O–H groups in total. The molecule has 56 heavy (non-hydrogen) atoms. The quantitative estimate of drug-likeness (QED) is 0.0347. The number of esters is 3. The van der Waals surface area contributed by atoms with Crippen LogP contribution in [-0.2, 0) is 28.6 Å². The minimum atomic E-state index is -0.759. The molecule has 0 spiro atoms. The second kappa shape index (κ2) is 43.0. The zero-order valence-electron chi connectivity index (χ0n) is 38.3. The topological polar surface area (TPSA) is 78.9 Å². The summed E-state index contributed by atoms with van der Waals surface area (Å²) in [5, 5.41) is 0. The number of hydrogen-bond donors (Lipinski definition) is 0. The van der Waals surface area contributed by atoms with Crippen LogP contribution in [0.3, 0.4) is 0 Å². The molecule has 0 aromatic carbocycles. The lowest BCUT2D eigenvalue weighted by atomic mass is 10.0. The molecule has 1 atom stereocenters. The number of ether oxygens (including phenoxy) is 3. The van der Waals surface area contributed by atoms with Crippen LogP contribution in [0.5, 0.6) is 0 Å². The molecule has 0 rings (SSSR count). The summed E-state index contributed by atoms with van der Waals surface area (Å²) in [5.74, 6) is 0.814. The predicted molar refractivity (Wildman–Crippen MR) is 238 cm³/mol. The third kappa shape index (κ3) is 43.5. The highest BCUT2D eigenvalue weighted by Gasteiger charge is 2.19. The predicted octanol–water partition coefficient (Wildman–Crippen LogP) is 15.8. The van der Waals surface area contributed by atoms with Gasteiger partial charge in [0.25, 0.3) is 0 Å². The Hall–Kier alpha value is -1.59. The summed E-state index contributed by atoms with van der Waals surface area (Å²) in [7, 11) is 0. The van der Waals surface area contributed by atoms with Crippen LogP contribution in [-0.4, -0.2) is 37.2 Å². The molecule has 0 saturated heterocycles. The highest BCUT2D eigenvalue weighted by atomic mass is 16.6. The summed E-state index contributed by atoms with van der Waals surface area (Å²) < 4.78 is 16.7. The standard InChI is InChI=1S/C50H96O6/c1-6-7-8-9-23-32-37-42-50(53)56-47(44-55-49(52)41-36-31-27-22-18-14-16-20-25-29-34-39-46(4)5)43-54-48(51)40-35-30-26-21-17-13-11-10-12-15-19-24-28-33-38-45(2)3/h45-47H,6-44H2,1-5H3/t47-/m0/s1. The monoisotopic (exact) mass is 793 g/mol. The maximum atomic E-state index is 12.6.